The van der Waals surface area contributed by atoms with Gasteiger partial charge in [0.2, 0.25) is 5.89 Å². The SMILES string of the molecule is CC(C)(C)c1nc(CN2CCCCC2CN)no1. The van der Waals surface area contributed by atoms with E-state index in [2.05, 4.69) is 35.8 Å². The van der Waals surface area contributed by atoms with Crippen molar-refractivity contribution in [3.63, 3.8) is 0 Å². The molecule has 0 amide bonds. The predicted octanol–water partition coefficient (Wildman–Crippen LogP) is 1.68. The lowest BCUT2D eigenvalue weighted by Crippen LogP contribution is -2.43. The molecule has 1 aromatic heterocycles. The van der Waals surface area contributed by atoms with E-state index in [0.717, 1.165) is 18.9 Å². The highest BCUT2D eigenvalue weighted by atomic mass is 16.5. The van der Waals surface area contributed by atoms with Gasteiger partial charge in [0.1, 0.15) is 0 Å². The van der Waals surface area contributed by atoms with Gasteiger partial charge in [-0.15, -0.1) is 0 Å². The van der Waals surface area contributed by atoms with Crippen LogP contribution in [-0.2, 0) is 12.0 Å². The van der Waals surface area contributed by atoms with E-state index in [4.69, 9.17) is 10.3 Å². The molecule has 1 saturated heterocycles. The molecule has 0 bridgehead atoms. The summed E-state index contributed by atoms with van der Waals surface area (Å²) in [5.41, 5.74) is 5.73. The average molecular weight is 252 g/mol. The van der Waals surface area contributed by atoms with E-state index in [0.29, 0.717) is 18.5 Å². The zero-order valence-electron chi connectivity index (χ0n) is 11.6. The van der Waals surface area contributed by atoms with Gasteiger partial charge in [-0.05, 0) is 19.4 Å². The van der Waals surface area contributed by atoms with Crippen molar-refractivity contribution in [3.05, 3.63) is 11.7 Å². The molecule has 1 aliphatic rings. The number of aromatic nitrogens is 2. The molecule has 0 spiro atoms. The fourth-order valence-corrected chi connectivity index (χ4v) is 2.34. The van der Waals surface area contributed by atoms with E-state index < -0.39 is 0 Å². The minimum Gasteiger partial charge on any atom is -0.339 e. The minimum atomic E-state index is -0.0829. The summed E-state index contributed by atoms with van der Waals surface area (Å²) in [6.07, 6.45) is 3.69. The Labute approximate surface area is 109 Å². The van der Waals surface area contributed by atoms with Crippen molar-refractivity contribution in [1.82, 2.24) is 15.0 Å². The Morgan fingerprint density at radius 2 is 2.17 bits per heavy atom. The second kappa shape index (κ2) is 5.36. The number of nitrogens with two attached hydrogens (primary N) is 1. The van der Waals surface area contributed by atoms with Crippen molar-refractivity contribution in [2.45, 2.75) is 58.0 Å². The van der Waals surface area contributed by atoms with Gasteiger partial charge in [0.25, 0.3) is 0 Å². The summed E-state index contributed by atoms with van der Waals surface area (Å²) in [5, 5.41) is 4.08. The highest BCUT2D eigenvalue weighted by Gasteiger charge is 2.25. The van der Waals surface area contributed by atoms with Crippen LogP contribution in [0.5, 0.6) is 0 Å². The lowest BCUT2D eigenvalue weighted by Gasteiger charge is -2.33. The van der Waals surface area contributed by atoms with Crippen LogP contribution in [0.4, 0.5) is 0 Å². The average Bonchev–Trinajstić information content (AvgIpc) is 2.78. The van der Waals surface area contributed by atoms with Gasteiger partial charge in [-0.1, -0.05) is 32.3 Å². The molecule has 1 aliphatic heterocycles. The Morgan fingerprint density at radius 3 is 2.78 bits per heavy atom. The van der Waals surface area contributed by atoms with Gasteiger partial charge in [-0.3, -0.25) is 4.90 Å². The Hall–Kier alpha value is -0.940. The van der Waals surface area contributed by atoms with Gasteiger partial charge in [0, 0.05) is 18.0 Å². The monoisotopic (exact) mass is 252 g/mol. The van der Waals surface area contributed by atoms with Crippen molar-refractivity contribution >= 4 is 0 Å². The van der Waals surface area contributed by atoms with Crippen LogP contribution in [0, 0.1) is 0 Å². The molecular weight excluding hydrogens is 228 g/mol. The molecular formula is C13H24N4O. The summed E-state index contributed by atoms with van der Waals surface area (Å²) in [6.45, 7) is 8.78. The Bertz CT molecular complexity index is 383. The highest BCUT2D eigenvalue weighted by Crippen LogP contribution is 2.22. The lowest BCUT2D eigenvalue weighted by molar-refractivity contribution is 0.140. The van der Waals surface area contributed by atoms with Crippen molar-refractivity contribution < 1.29 is 4.52 Å². The van der Waals surface area contributed by atoms with Crippen LogP contribution in [0.15, 0.2) is 4.52 Å². The van der Waals surface area contributed by atoms with Gasteiger partial charge in [-0.2, -0.15) is 4.98 Å². The summed E-state index contributed by atoms with van der Waals surface area (Å²) >= 11 is 0. The molecule has 18 heavy (non-hydrogen) atoms. The second-order valence-corrected chi connectivity index (χ2v) is 6.12. The van der Waals surface area contributed by atoms with Gasteiger partial charge in [0.15, 0.2) is 5.82 Å². The first-order chi connectivity index (χ1) is 8.50. The second-order valence-electron chi connectivity index (χ2n) is 6.12. The van der Waals surface area contributed by atoms with Crippen molar-refractivity contribution in [2.75, 3.05) is 13.1 Å². The van der Waals surface area contributed by atoms with Crippen LogP contribution in [0.25, 0.3) is 0 Å². The molecule has 0 aliphatic carbocycles. The van der Waals surface area contributed by atoms with Crippen LogP contribution >= 0.6 is 0 Å². The number of rotatable bonds is 3. The zero-order valence-corrected chi connectivity index (χ0v) is 11.6. The van der Waals surface area contributed by atoms with Crippen molar-refractivity contribution in [1.29, 1.82) is 0 Å². The normalized spacial score (nSPS) is 22.3. The van der Waals surface area contributed by atoms with Crippen molar-refractivity contribution in [2.24, 2.45) is 5.73 Å². The van der Waals surface area contributed by atoms with E-state index in [-0.39, 0.29) is 5.41 Å². The molecule has 5 heteroatoms. The van der Waals surface area contributed by atoms with Gasteiger partial charge in [-0.25, -0.2) is 0 Å². The third-order valence-corrected chi connectivity index (χ3v) is 3.48. The number of hydrogen-bond acceptors (Lipinski definition) is 5. The van der Waals surface area contributed by atoms with Crippen LogP contribution in [-0.4, -0.2) is 34.2 Å². The van der Waals surface area contributed by atoms with Crippen LogP contribution in [0.3, 0.4) is 0 Å². The molecule has 2 heterocycles. The van der Waals surface area contributed by atoms with E-state index >= 15 is 0 Å². The quantitative estimate of drug-likeness (QED) is 0.886. The minimum absolute atomic E-state index is 0.0829. The zero-order chi connectivity index (χ0) is 13.2. The summed E-state index contributed by atoms with van der Waals surface area (Å²) in [4.78, 5) is 6.86. The molecule has 1 fully saturated rings. The maximum Gasteiger partial charge on any atom is 0.232 e. The third kappa shape index (κ3) is 3.09. The largest absolute Gasteiger partial charge is 0.339 e. The number of likely N-dealkylation sites (tertiary alicyclic amines) is 1. The first kappa shape index (κ1) is 13.5. The maximum absolute atomic E-state index is 5.82. The van der Waals surface area contributed by atoms with Gasteiger partial charge >= 0.3 is 0 Å². The van der Waals surface area contributed by atoms with Gasteiger partial charge in [0.05, 0.1) is 6.54 Å². The molecule has 0 saturated carbocycles. The highest BCUT2D eigenvalue weighted by molar-refractivity contribution is 4.98. The van der Waals surface area contributed by atoms with E-state index in [9.17, 15) is 0 Å². The van der Waals surface area contributed by atoms with Crippen molar-refractivity contribution in [3.8, 4) is 0 Å². The molecule has 1 aromatic rings. The molecule has 0 aromatic carbocycles. The fraction of sp³-hybridized carbons (Fsp3) is 0.846. The third-order valence-electron chi connectivity index (χ3n) is 3.48. The Morgan fingerprint density at radius 1 is 1.39 bits per heavy atom. The standard InChI is InChI=1S/C13H24N4O/c1-13(2,3)12-15-11(16-18-12)9-17-7-5-4-6-10(17)8-14/h10H,4-9,14H2,1-3H3. The first-order valence-corrected chi connectivity index (χ1v) is 6.78. The molecule has 1 atom stereocenters. The molecule has 2 rings (SSSR count). The topological polar surface area (TPSA) is 68.2 Å². The smallest absolute Gasteiger partial charge is 0.232 e. The molecule has 2 N–H and O–H groups in total. The summed E-state index contributed by atoms with van der Waals surface area (Å²) in [7, 11) is 0. The summed E-state index contributed by atoms with van der Waals surface area (Å²) in [5.74, 6) is 1.49. The number of hydrogen-bond donors (Lipinski definition) is 1. The van der Waals surface area contributed by atoms with Gasteiger partial charge < -0.3 is 10.3 Å². The first-order valence-electron chi connectivity index (χ1n) is 6.78. The summed E-state index contributed by atoms with van der Waals surface area (Å²) in [6, 6.07) is 0.468. The summed E-state index contributed by atoms with van der Waals surface area (Å²) < 4.78 is 5.32. The number of piperidine rings is 1. The van der Waals surface area contributed by atoms with E-state index in [1.54, 1.807) is 0 Å². The molecule has 5 nitrogen and oxygen atoms in total. The number of nitrogens with zero attached hydrogens (tertiary/aromatic N) is 3. The molecule has 0 radical (unpaired) electrons. The Balaban J connectivity index is 2.02. The van der Waals surface area contributed by atoms with Crippen LogP contribution < -0.4 is 5.73 Å². The predicted molar refractivity (Wildman–Crippen MR) is 70.1 cm³/mol. The van der Waals surface area contributed by atoms with E-state index in [1.165, 1.54) is 19.3 Å². The van der Waals surface area contributed by atoms with Crippen LogP contribution in [0.2, 0.25) is 0 Å². The molecule has 1 unspecified atom stereocenters. The van der Waals surface area contributed by atoms with E-state index in [1.807, 2.05) is 0 Å². The maximum atomic E-state index is 5.82. The lowest BCUT2D eigenvalue weighted by atomic mass is 9.97. The fourth-order valence-electron chi connectivity index (χ4n) is 2.34. The van der Waals surface area contributed by atoms with Crippen LogP contribution in [0.1, 0.15) is 51.7 Å². The molecule has 102 valence electrons. The Kier molecular flexibility index (Phi) is 4.02.